The number of hydrogen-bond donors (Lipinski definition) is 2. The highest BCUT2D eigenvalue weighted by molar-refractivity contribution is 6.30. The Morgan fingerprint density at radius 3 is 2.72 bits per heavy atom. The van der Waals surface area contributed by atoms with Gasteiger partial charge in [0.25, 0.3) is 0 Å². The minimum absolute atomic E-state index is 0.249. The molecular formula is C14H18ClN3. The molecule has 0 amide bonds. The molecule has 2 N–H and O–H groups in total. The van der Waals surface area contributed by atoms with Crippen molar-refractivity contribution in [3.63, 3.8) is 0 Å². The summed E-state index contributed by atoms with van der Waals surface area (Å²) in [7, 11) is 0. The van der Waals surface area contributed by atoms with E-state index < -0.39 is 0 Å². The second kappa shape index (κ2) is 5.44. The molecule has 3 nitrogen and oxygen atoms in total. The van der Waals surface area contributed by atoms with Gasteiger partial charge in [0.05, 0.1) is 23.1 Å². The van der Waals surface area contributed by atoms with Gasteiger partial charge in [-0.1, -0.05) is 30.7 Å². The molecule has 1 unspecified atom stereocenters. The lowest BCUT2D eigenvalue weighted by atomic mass is 10.0. The van der Waals surface area contributed by atoms with Crippen molar-refractivity contribution in [2.75, 3.05) is 5.32 Å². The van der Waals surface area contributed by atoms with E-state index in [0.29, 0.717) is 0 Å². The van der Waals surface area contributed by atoms with Gasteiger partial charge in [0.15, 0.2) is 0 Å². The summed E-state index contributed by atoms with van der Waals surface area (Å²) in [4.78, 5) is 0. The molecule has 18 heavy (non-hydrogen) atoms. The van der Waals surface area contributed by atoms with Gasteiger partial charge in [-0.05, 0) is 38.0 Å². The first-order valence-corrected chi connectivity index (χ1v) is 6.53. The van der Waals surface area contributed by atoms with Crippen molar-refractivity contribution in [2.45, 2.75) is 33.2 Å². The van der Waals surface area contributed by atoms with Crippen LogP contribution in [0.15, 0.2) is 24.3 Å². The standard InChI is InChI=1S/C14H18ClN3/c1-4-13(11-6-5-7-12(15)8-11)16-14-9(2)17-18-10(14)3/h5-8,13,16H,4H2,1-3H3,(H,17,18). The van der Waals surface area contributed by atoms with E-state index in [1.165, 1.54) is 5.56 Å². The number of benzene rings is 1. The van der Waals surface area contributed by atoms with Crippen LogP contribution in [-0.2, 0) is 0 Å². The molecule has 1 aromatic carbocycles. The number of H-pyrrole nitrogens is 1. The highest BCUT2D eigenvalue weighted by Gasteiger charge is 2.13. The largest absolute Gasteiger partial charge is 0.375 e. The minimum atomic E-state index is 0.249. The van der Waals surface area contributed by atoms with Crippen LogP contribution in [0.4, 0.5) is 5.69 Å². The third-order valence-corrected chi connectivity index (χ3v) is 3.34. The SMILES string of the molecule is CCC(Nc1c(C)n[nH]c1C)c1cccc(Cl)c1. The topological polar surface area (TPSA) is 40.7 Å². The van der Waals surface area contributed by atoms with Gasteiger partial charge in [-0.15, -0.1) is 0 Å². The molecule has 2 rings (SSSR count). The van der Waals surface area contributed by atoms with E-state index in [2.05, 4.69) is 28.5 Å². The van der Waals surface area contributed by atoms with E-state index in [-0.39, 0.29) is 6.04 Å². The van der Waals surface area contributed by atoms with Crippen LogP contribution in [0.2, 0.25) is 5.02 Å². The van der Waals surface area contributed by atoms with Crippen LogP contribution in [0.1, 0.15) is 36.3 Å². The zero-order valence-electron chi connectivity index (χ0n) is 10.9. The summed E-state index contributed by atoms with van der Waals surface area (Å²) in [6.45, 7) is 6.17. The highest BCUT2D eigenvalue weighted by Crippen LogP contribution is 2.27. The van der Waals surface area contributed by atoms with E-state index in [4.69, 9.17) is 11.6 Å². The smallest absolute Gasteiger partial charge is 0.0825 e. The average Bonchev–Trinajstić information content (AvgIpc) is 2.66. The van der Waals surface area contributed by atoms with E-state index in [1.807, 2.05) is 32.0 Å². The van der Waals surface area contributed by atoms with E-state index in [1.54, 1.807) is 0 Å². The lowest BCUT2D eigenvalue weighted by molar-refractivity contribution is 0.747. The van der Waals surface area contributed by atoms with Gasteiger partial charge in [-0.2, -0.15) is 5.10 Å². The molecule has 2 aromatic rings. The van der Waals surface area contributed by atoms with Crippen molar-refractivity contribution in [1.82, 2.24) is 10.2 Å². The van der Waals surface area contributed by atoms with Gasteiger partial charge in [0.2, 0.25) is 0 Å². The first kappa shape index (κ1) is 13.0. The number of nitrogens with one attached hydrogen (secondary N) is 2. The average molecular weight is 264 g/mol. The molecule has 1 atom stereocenters. The maximum atomic E-state index is 6.04. The lowest BCUT2D eigenvalue weighted by Gasteiger charge is -2.19. The summed E-state index contributed by atoms with van der Waals surface area (Å²) in [6.07, 6.45) is 0.990. The van der Waals surface area contributed by atoms with Gasteiger partial charge < -0.3 is 5.32 Å². The molecule has 0 saturated heterocycles. The molecule has 0 saturated carbocycles. The fraction of sp³-hybridized carbons (Fsp3) is 0.357. The van der Waals surface area contributed by atoms with Gasteiger partial charge >= 0.3 is 0 Å². The number of aromatic amines is 1. The van der Waals surface area contributed by atoms with Gasteiger partial charge in [-0.3, -0.25) is 5.10 Å². The van der Waals surface area contributed by atoms with Crippen molar-refractivity contribution in [3.8, 4) is 0 Å². The summed E-state index contributed by atoms with van der Waals surface area (Å²) < 4.78 is 0. The second-order valence-electron chi connectivity index (χ2n) is 4.47. The third-order valence-electron chi connectivity index (χ3n) is 3.11. The van der Waals surface area contributed by atoms with Crippen LogP contribution >= 0.6 is 11.6 Å². The van der Waals surface area contributed by atoms with Crippen molar-refractivity contribution >= 4 is 17.3 Å². The fourth-order valence-corrected chi connectivity index (χ4v) is 2.28. The molecule has 0 aliphatic rings. The number of nitrogens with zero attached hydrogens (tertiary/aromatic N) is 1. The van der Waals surface area contributed by atoms with Crippen LogP contribution in [0, 0.1) is 13.8 Å². The maximum absolute atomic E-state index is 6.04. The Kier molecular flexibility index (Phi) is 3.92. The Labute approximate surface area is 113 Å². The normalized spacial score (nSPS) is 12.4. The van der Waals surface area contributed by atoms with Crippen LogP contribution in [-0.4, -0.2) is 10.2 Å². The number of aryl methyl sites for hydroxylation is 2. The zero-order valence-corrected chi connectivity index (χ0v) is 11.7. The van der Waals surface area contributed by atoms with E-state index in [9.17, 15) is 0 Å². The first-order chi connectivity index (χ1) is 8.61. The molecule has 4 heteroatoms. The summed E-state index contributed by atoms with van der Waals surface area (Å²) >= 11 is 6.04. The predicted octanol–water partition coefficient (Wildman–Crippen LogP) is 4.24. The van der Waals surface area contributed by atoms with Crippen LogP contribution in [0.25, 0.3) is 0 Å². The Hall–Kier alpha value is -1.48. The zero-order chi connectivity index (χ0) is 13.1. The number of aromatic nitrogens is 2. The van der Waals surface area contributed by atoms with Gasteiger partial charge in [0, 0.05) is 5.02 Å². The Morgan fingerprint density at radius 2 is 2.17 bits per heavy atom. The predicted molar refractivity (Wildman–Crippen MR) is 76.2 cm³/mol. The molecule has 0 aliphatic carbocycles. The number of hydrogen-bond acceptors (Lipinski definition) is 2. The Balaban J connectivity index is 2.25. The molecular weight excluding hydrogens is 246 g/mol. The fourth-order valence-electron chi connectivity index (χ4n) is 2.08. The quantitative estimate of drug-likeness (QED) is 0.866. The summed E-state index contributed by atoms with van der Waals surface area (Å²) in [6, 6.07) is 8.23. The number of halogens is 1. The summed E-state index contributed by atoms with van der Waals surface area (Å²) in [5, 5.41) is 11.5. The van der Waals surface area contributed by atoms with Crippen LogP contribution in [0.5, 0.6) is 0 Å². The summed E-state index contributed by atoms with van der Waals surface area (Å²) in [5.74, 6) is 0. The van der Waals surface area contributed by atoms with Crippen molar-refractivity contribution in [1.29, 1.82) is 0 Å². The minimum Gasteiger partial charge on any atom is -0.375 e. The van der Waals surface area contributed by atoms with E-state index in [0.717, 1.165) is 28.5 Å². The molecule has 0 bridgehead atoms. The molecule has 96 valence electrons. The number of anilines is 1. The molecule has 0 radical (unpaired) electrons. The van der Waals surface area contributed by atoms with Crippen LogP contribution < -0.4 is 5.32 Å². The van der Waals surface area contributed by atoms with Crippen molar-refractivity contribution < 1.29 is 0 Å². The van der Waals surface area contributed by atoms with E-state index >= 15 is 0 Å². The Morgan fingerprint density at radius 1 is 1.39 bits per heavy atom. The van der Waals surface area contributed by atoms with Crippen molar-refractivity contribution in [3.05, 3.63) is 46.2 Å². The Bertz CT molecular complexity index is 514. The molecule has 1 aromatic heterocycles. The highest BCUT2D eigenvalue weighted by atomic mass is 35.5. The molecule has 0 aliphatic heterocycles. The van der Waals surface area contributed by atoms with Crippen LogP contribution in [0.3, 0.4) is 0 Å². The first-order valence-electron chi connectivity index (χ1n) is 6.15. The molecule has 0 fully saturated rings. The van der Waals surface area contributed by atoms with Gasteiger partial charge in [0.1, 0.15) is 0 Å². The third kappa shape index (κ3) is 2.67. The molecule has 1 heterocycles. The van der Waals surface area contributed by atoms with Crippen molar-refractivity contribution in [2.24, 2.45) is 0 Å². The second-order valence-corrected chi connectivity index (χ2v) is 4.91. The maximum Gasteiger partial charge on any atom is 0.0825 e. The summed E-state index contributed by atoms with van der Waals surface area (Å²) in [5.41, 5.74) is 4.34. The molecule has 0 spiro atoms. The monoisotopic (exact) mass is 263 g/mol. The van der Waals surface area contributed by atoms with Gasteiger partial charge in [-0.25, -0.2) is 0 Å². The lowest BCUT2D eigenvalue weighted by Crippen LogP contribution is -2.10. The number of rotatable bonds is 4.